The molecule has 0 atom stereocenters. The Kier molecular flexibility index (Phi) is 14.1. The van der Waals surface area contributed by atoms with E-state index in [0.29, 0.717) is 5.56 Å². The molecule has 0 aliphatic heterocycles. The molecule has 25 heavy (non-hydrogen) atoms. The van der Waals surface area contributed by atoms with Gasteiger partial charge in [0, 0.05) is 11.3 Å². The first kappa shape index (κ1) is 22.9. The average Bonchev–Trinajstić information content (AvgIpc) is 2.60. The lowest BCUT2D eigenvalue weighted by Crippen LogP contribution is -1.99. The quantitative estimate of drug-likeness (QED) is 0.236. The van der Waals surface area contributed by atoms with Gasteiger partial charge in [-0.3, -0.25) is 4.79 Å². The minimum absolute atomic E-state index is 0.0683. The van der Waals surface area contributed by atoms with Gasteiger partial charge in [-0.1, -0.05) is 81.7 Å². The second-order valence-corrected chi connectivity index (χ2v) is 6.05. The smallest absolute Gasteiger partial charge is 0.159 e. The highest BCUT2D eigenvalue weighted by molar-refractivity contribution is 5.95. The summed E-state index contributed by atoms with van der Waals surface area (Å²) in [5.74, 6) is 0.0683. The minimum atomic E-state index is 0.0683. The highest BCUT2D eigenvalue weighted by Crippen LogP contribution is 2.17. The molecule has 0 radical (unpaired) electrons. The maximum atomic E-state index is 11.1. The summed E-state index contributed by atoms with van der Waals surface area (Å²) in [5.41, 5.74) is 8.44. The number of carbonyl (C=O) groups is 1. The number of carbonyl (C=O) groups excluding carboxylic acids is 1. The summed E-state index contributed by atoms with van der Waals surface area (Å²) in [6, 6.07) is 5.58. The molecule has 0 heterocycles. The summed E-state index contributed by atoms with van der Waals surface area (Å²) in [7, 11) is 0. The maximum absolute atomic E-state index is 11.1. The van der Waals surface area contributed by atoms with Crippen LogP contribution in [0.1, 0.15) is 75.7 Å². The largest absolute Gasteiger partial charge is 0.398 e. The Morgan fingerprint density at radius 2 is 1.72 bits per heavy atom. The van der Waals surface area contributed by atoms with E-state index in [9.17, 15) is 4.79 Å². The van der Waals surface area contributed by atoms with Crippen LogP contribution < -0.4 is 5.73 Å². The molecule has 0 amide bonds. The van der Waals surface area contributed by atoms with E-state index in [2.05, 4.69) is 32.1 Å². The summed E-state index contributed by atoms with van der Waals surface area (Å²) in [6.45, 7) is 7.94. The average molecular weight is 342 g/mol. The molecule has 0 aliphatic rings. The molecule has 0 saturated heterocycles. The number of ketones is 1. The third-order valence-corrected chi connectivity index (χ3v) is 3.74. The SMILES string of the molecule is C/C=C/C=C\C=C/CCCC.CCCCc1ccc(C(C)=O)cc1N. The van der Waals surface area contributed by atoms with Crippen LogP contribution in [0.4, 0.5) is 5.69 Å². The second-order valence-electron chi connectivity index (χ2n) is 6.05. The van der Waals surface area contributed by atoms with Crippen molar-refractivity contribution in [3.8, 4) is 0 Å². The molecular weight excluding hydrogens is 306 g/mol. The number of hydrogen-bond acceptors (Lipinski definition) is 2. The van der Waals surface area contributed by atoms with Crippen molar-refractivity contribution < 1.29 is 4.79 Å². The molecule has 2 N–H and O–H groups in total. The molecule has 0 fully saturated rings. The van der Waals surface area contributed by atoms with E-state index < -0.39 is 0 Å². The van der Waals surface area contributed by atoms with Gasteiger partial charge in [0.05, 0.1) is 0 Å². The van der Waals surface area contributed by atoms with E-state index in [0.717, 1.165) is 30.5 Å². The molecule has 0 aliphatic carbocycles. The molecule has 1 aromatic carbocycles. The van der Waals surface area contributed by atoms with Gasteiger partial charge in [0.2, 0.25) is 0 Å². The third kappa shape index (κ3) is 12.0. The van der Waals surface area contributed by atoms with Gasteiger partial charge < -0.3 is 5.73 Å². The summed E-state index contributed by atoms with van der Waals surface area (Å²) in [6.07, 6.45) is 19.6. The van der Waals surface area contributed by atoms with Crippen LogP contribution in [0.3, 0.4) is 0 Å². The van der Waals surface area contributed by atoms with E-state index in [-0.39, 0.29) is 5.78 Å². The molecule has 0 unspecified atom stereocenters. The number of rotatable bonds is 9. The number of allylic oxidation sites excluding steroid dienone is 6. The van der Waals surface area contributed by atoms with Crippen molar-refractivity contribution in [3.05, 3.63) is 65.8 Å². The first-order valence-corrected chi connectivity index (χ1v) is 9.40. The van der Waals surface area contributed by atoms with Gasteiger partial charge in [0.25, 0.3) is 0 Å². The first-order valence-electron chi connectivity index (χ1n) is 9.40. The summed E-state index contributed by atoms with van der Waals surface area (Å²) < 4.78 is 0. The van der Waals surface area contributed by atoms with Crippen LogP contribution in [0.15, 0.2) is 54.7 Å². The Morgan fingerprint density at radius 3 is 2.28 bits per heavy atom. The Labute approximate surface area is 154 Å². The summed E-state index contributed by atoms with van der Waals surface area (Å²) >= 11 is 0. The fourth-order valence-electron chi connectivity index (χ4n) is 2.14. The van der Waals surface area contributed by atoms with Gasteiger partial charge in [0.1, 0.15) is 0 Å². The number of Topliss-reactive ketones (excluding diaryl/α,β-unsaturated/α-hetero) is 1. The molecule has 1 rings (SSSR count). The van der Waals surface area contributed by atoms with Gasteiger partial charge in [-0.15, -0.1) is 0 Å². The molecule has 2 nitrogen and oxygen atoms in total. The number of aryl methyl sites for hydroxylation is 1. The zero-order chi connectivity index (χ0) is 18.9. The van der Waals surface area contributed by atoms with E-state index in [1.54, 1.807) is 13.0 Å². The molecule has 1 aromatic rings. The number of anilines is 1. The van der Waals surface area contributed by atoms with Gasteiger partial charge in [-0.25, -0.2) is 0 Å². The number of nitrogen functional groups attached to an aromatic ring is 1. The van der Waals surface area contributed by atoms with Crippen LogP contribution in [0, 0.1) is 0 Å². The Morgan fingerprint density at radius 1 is 1.04 bits per heavy atom. The molecule has 0 bridgehead atoms. The standard InChI is InChI=1S/C12H17NO.C11H18/c1-3-4-5-10-6-7-11(9(2)14)8-12(10)13;1-3-5-7-9-11-10-8-6-4-2/h6-8H,3-5,13H2,1-2H3;3,5,7,9-11H,4,6,8H2,1-2H3/b;5-3+,9-7-,11-10-. The van der Waals surface area contributed by atoms with Crippen LogP contribution in [0.2, 0.25) is 0 Å². The number of hydrogen-bond donors (Lipinski definition) is 1. The van der Waals surface area contributed by atoms with Crippen molar-refractivity contribution in [3.63, 3.8) is 0 Å². The number of unbranched alkanes of at least 4 members (excludes halogenated alkanes) is 3. The number of nitrogens with two attached hydrogens (primary N) is 1. The molecule has 2 heteroatoms. The molecule has 138 valence electrons. The lowest BCUT2D eigenvalue weighted by molar-refractivity contribution is 0.101. The monoisotopic (exact) mass is 341 g/mol. The van der Waals surface area contributed by atoms with Crippen molar-refractivity contribution in [2.45, 2.75) is 66.2 Å². The topological polar surface area (TPSA) is 43.1 Å². The Balaban J connectivity index is 0.000000477. The van der Waals surface area contributed by atoms with Crippen LogP contribution in [0.25, 0.3) is 0 Å². The van der Waals surface area contributed by atoms with Crippen molar-refractivity contribution >= 4 is 11.5 Å². The highest BCUT2D eigenvalue weighted by atomic mass is 16.1. The number of benzene rings is 1. The predicted molar refractivity (Wildman–Crippen MR) is 112 cm³/mol. The van der Waals surface area contributed by atoms with E-state index in [4.69, 9.17) is 5.73 Å². The van der Waals surface area contributed by atoms with Crippen molar-refractivity contribution in [1.29, 1.82) is 0 Å². The van der Waals surface area contributed by atoms with E-state index in [1.165, 1.54) is 19.3 Å². The first-order chi connectivity index (χ1) is 12.1. The molecule has 0 spiro atoms. The van der Waals surface area contributed by atoms with E-state index in [1.807, 2.05) is 37.3 Å². The lowest BCUT2D eigenvalue weighted by atomic mass is 10.0. The zero-order valence-electron chi connectivity index (χ0n) is 16.4. The van der Waals surface area contributed by atoms with Crippen molar-refractivity contribution in [2.24, 2.45) is 0 Å². The van der Waals surface area contributed by atoms with Gasteiger partial charge >= 0.3 is 0 Å². The van der Waals surface area contributed by atoms with Crippen molar-refractivity contribution in [2.75, 3.05) is 5.73 Å². The van der Waals surface area contributed by atoms with Crippen LogP contribution in [-0.2, 0) is 6.42 Å². The van der Waals surface area contributed by atoms with Crippen LogP contribution in [-0.4, -0.2) is 5.78 Å². The minimum Gasteiger partial charge on any atom is -0.398 e. The Hall–Kier alpha value is -2.09. The Bertz CT molecular complexity index is 567. The van der Waals surface area contributed by atoms with Gasteiger partial charge in [0.15, 0.2) is 5.78 Å². The third-order valence-electron chi connectivity index (χ3n) is 3.74. The summed E-state index contributed by atoms with van der Waals surface area (Å²) in [5, 5.41) is 0. The van der Waals surface area contributed by atoms with Crippen LogP contribution >= 0.6 is 0 Å². The van der Waals surface area contributed by atoms with Gasteiger partial charge in [-0.2, -0.15) is 0 Å². The summed E-state index contributed by atoms with van der Waals surface area (Å²) in [4.78, 5) is 11.1. The zero-order valence-corrected chi connectivity index (χ0v) is 16.4. The normalized spacial score (nSPS) is 11.2. The van der Waals surface area contributed by atoms with Crippen molar-refractivity contribution in [1.82, 2.24) is 0 Å². The fourth-order valence-corrected chi connectivity index (χ4v) is 2.14. The molecular formula is C23H35NO. The second kappa shape index (κ2) is 15.4. The molecule has 0 aromatic heterocycles. The lowest BCUT2D eigenvalue weighted by Gasteiger charge is -2.05. The molecule has 0 saturated carbocycles. The van der Waals surface area contributed by atoms with E-state index >= 15 is 0 Å². The van der Waals surface area contributed by atoms with Gasteiger partial charge in [-0.05, 0) is 44.7 Å². The fraction of sp³-hybridized carbons (Fsp3) is 0.435. The maximum Gasteiger partial charge on any atom is 0.159 e. The predicted octanol–water partition coefficient (Wildman–Crippen LogP) is 6.68. The highest BCUT2D eigenvalue weighted by Gasteiger charge is 2.03. The van der Waals surface area contributed by atoms with Crippen LogP contribution in [0.5, 0.6) is 0 Å².